The van der Waals surface area contributed by atoms with E-state index in [0.717, 1.165) is 5.92 Å². The van der Waals surface area contributed by atoms with Gasteiger partial charge in [-0.2, -0.15) is 0 Å². The van der Waals surface area contributed by atoms with Crippen LogP contribution in [0.4, 0.5) is 0 Å². The monoisotopic (exact) mass is 184 g/mol. The Kier molecular flexibility index (Phi) is 4.82. The minimum absolute atomic E-state index is 0.901. The van der Waals surface area contributed by atoms with Crippen molar-refractivity contribution in [3.05, 3.63) is 11.0 Å². The Morgan fingerprint density at radius 2 is 2.33 bits per heavy atom. The molecule has 1 unspecified atom stereocenters. The molecule has 0 aromatic heterocycles. The van der Waals surface area contributed by atoms with Crippen LogP contribution in [-0.2, 0) is 0 Å². The topological polar surface area (TPSA) is 0 Å². The van der Waals surface area contributed by atoms with E-state index in [1.807, 2.05) is 11.8 Å². The highest BCUT2D eigenvalue weighted by Gasteiger charge is 2.10. The lowest BCUT2D eigenvalue weighted by atomic mass is 9.98. The van der Waals surface area contributed by atoms with E-state index in [1.165, 1.54) is 37.9 Å². The van der Waals surface area contributed by atoms with Gasteiger partial charge in [0.25, 0.3) is 0 Å². The third-order valence-electron chi connectivity index (χ3n) is 2.47. The molecule has 1 heterocycles. The van der Waals surface area contributed by atoms with E-state index in [0.29, 0.717) is 0 Å². The molecule has 1 heteroatoms. The summed E-state index contributed by atoms with van der Waals surface area (Å²) in [6.45, 7) is 4.52. The summed E-state index contributed by atoms with van der Waals surface area (Å²) < 4.78 is 0. The first-order valence-electron chi connectivity index (χ1n) is 5.14. The average molecular weight is 184 g/mol. The van der Waals surface area contributed by atoms with Crippen molar-refractivity contribution in [3.8, 4) is 0 Å². The maximum atomic E-state index is 2.48. The van der Waals surface area contributed by atoms with Crippen LogP contribution < -0.4 is 0 Å². The van der Waals surface area contributed by atoms with Gasteiger partial charge in [-0.05, 0) is 36.3 Å². The predicted molar refractivity (Wildman–Crippen MR) is 58.5 cm³/mol. The summed E-state index contributed by atoms with van der Waals surface area (Å²) in [5.74, 6) is 2.25. The summed E-state index contributed by atoms with van der Waals surface area (Å²) in [4.78, 5) is 1.54. The second kappa shape index (κ2) is 5.69. The fraction of sp³-hybridized carbons (Fsp3) is 0.818. The molecule has 1 aliphatic rings. The molecule has 1 aliphatic heterocycles. The molecule has 0 nitrogen and oxygen atoms in total. The van der Waals surface area contributed by atoms with Crippen LogP contribution in [0.15, 0.2) is 11.0 Å². The molecule has 0 N–H and O–H groups in total. The summed E-state index contributed by atoms with van der Waals surface area (Å²) in [5, 5.41) is 0. The Bertz CT molecular complexity index is 149. The minimum Gasteiger partial charge on any atom is -0.131 e. The van der Waals surface area contributed by atoms with Gasteiger partial charge in [0.1, 0.15) is 0 Å². The zero-order valence-corrected chi connectivity index (χ0v) is 9.12. The maximum absolute atomic E-state index is 2.48. The van der Waals surface area contributed by atoms with Crippen molar-refractivity contribution in [3.63, 3.8) is 0 Å². The normalized spacial score (nSPS) is 23.8. The molecule has 0 radical (unpaired) electrons. The Morgan fingerprint density at radius 3 is 3.00 bits per heavy atom. The lowest BCUT2D eigenvalue weighted by Crippen LogP contribution is -2.03. The van der Waals surface area contributed by atoms with Gasteiger partial charge in [-0.15, -0.1) is 11.8 Å². The molecule has 12 heavy (non-hydrogen) atoms. The molecule has 0 saturated carbocycles. The van der Waals surface area contributed by atoms with Gasteiger partial charge in [-0.1, -0.05) is 32.3 Å². The van der Waals surface area contributed by atoms with Gasteiger partial charge in [0, 0.05) is 0 Å². The van der Waals surface area contributed by atoms with Crippen LogP contribution in [0.2, 0.25) is 0 Å². The third kappa shape index (κ3) is 3.66. The van der Waals surface area contributed by atoms with Crippen LogP contribution in [0.5, 0.6) is 0 Å². The van der Waals surface area contributed by atoms with Gasteiger partial charge >= 0.3 is 0 Å². The molecule has 0 aliphatic carbocycles. The van der Waals surface area contributed by atoms with Crippen molar-refractivity contribution in [1.82, 2.24) is 0 Å². The van der Waals surface area contributed by atoms with Crippen LogP contribution in [0.1, 0.15) is 46.0 Å². The maximum Gasteiger partial charge on any atom is -0.00178 e. The van der Waals surface area contributed by atoms with Gasteiger partial charge in [0.05, 0.1) is 0 Å². The number of hydrogen-bond donors (Lipinski definition) is 0. The van der Waals surface area contributed by atoms with Crippen molar-refractivity contribution in [1.29, 1.82) is 0 Å². The number of rotatable bonds is 4. The molecule has 0 spiro atoms. The molecule has 0 fully saturated rings. The van der Waals surface area contributed by atoms with Gasteiger partial charge < -0.3 is 0 Å². The summed E-state index contributed by atoms with van der Waals surface area (Å²) >= 11 is 2.02. The standard InChI is InChI=1S/C11H20S/c1-3-4-5-6-11-7-8-12-10(2)9-11/h9,11H,3-8H2,1-2H3. The van der Waals surface area contributed by atoms with Crippen LogP contribution in [0.3, 0.4) is 0 Å². The van der Waals surface area contributed by atoms with E-state index < -0.39 is 0 Å². The molecule has 0 aromatic rings. The Labute approximate surface area is 80.8 Å². The molecule has 0 saturated heterocycles. The minimum atomic E-state index is 0.901. The molecule has 0 bridgehead atoms. The van der Waals surface area contributed by atoms with Crippen molar-refractivity contribution >= 4 is 11.8 Å². The Morgan fingerprint density at radius 1 is 1.50 bits per heavy atom. The molecule has 1 atom stereocenters. The quantitative estimate of drug-likeness (QED) is 0.589. The first-order chi connectivity index (χ1) is 5.83. The van der Waals surface area contributed by atoms with Crippen LogP contribution >= 0.6 is 11.8 Å². The average Bonchev–Trinajstić information content (AvgIpc) is 2.05. The lowest BCUT2D eigenvalue weighted by Gasteiger charge is -2.18. The summed E-state index contributed by atoms with van der Waals surface area (Å²) in [5.41, 5.74) is 0. The van der Waals surface area contributed by atoms with Crippen molar-refractivity contribution in [2.75, 3.05) is 5.75 Å². The van der Waals surface area contributed by atoms with E-state index in [1.54, 1.807) is 4.91 Å². The molecule has 1 rings (SSSR count). The fourth-order valence-electron chi connectivity index (χ4n) is 1.72. The molecule has 0 aromatic carbocycles. The predicted octanol–water partition coefficient (Wildman–Crippen LogP) is 4.22. The fourth-order valence-corrected chi connectivity index (χ4v) is 2.75. The second-order valence-electron chi connectivity index (χ2n) is 3.67. The van der Waals surface area contributed by atoms with E-state index in [9.17, 15) is 0 Å². The van der Waals surface area contributed by atoms with Crippen molar-refractivity contribution in [2.24, 2.45) is 5.92 Å². The largest absolute Gasteiger partial charge is 0.131 e. The Balaban J connectivity index is 2.18. The van der Waals surface area contributed by atoms with E-state index in [4.69, 9.17) is 0 Å². The van der Waals surface area contributed by atoms with Gasteiger partial charge in [0.15, 0.2) is 0 Å². The second-order valence-corrected chi connectivity index (χ2v) is 5.01. The summed E-state index contributed by atoms with van der Waals surface area (Å²) in [6.07, 6.45) is 9.50. The summed E-state index contributed by atoms with van der Waals surface area (Å²) in [7, 11) is 0. The first-order valence-corrected chi connectivity index (χ1v) is 6.12. The lowest BCUT2D eigenvalue weighted by molar-refractivity contribution is 0.526. The first kappa shape index (κ1) is 10.2. The zero-order valence-electron chi connectivity index (χ0n) is 8.31. The third-order valence-corrected chi connectivity index (χ3v) is 3.50. The van der Waals surface area contributed by atoms with E-state index in [2.05, 4.69) is 19.9 Å². The number of unbranched alkanes of at least 4 members (excludes halogenated alkanes) is 2. The van der Waals surface area contributed by atoms with E-state index in [-0.39, 0.29) is 0 Å². The molecular formula is C11H20S. The van der Waals surface area contributed by atoms with Crippen molar-refractivity contribution in [2.45, 2.75) is 46.0 Å². The van der Waals surface area contributed by atoms with Crippen LogP contribution in [-0.4, -0.2) is 5.75 Å². The van der Waals surface area contributed by atoms with Gasteiger partial charge in [-0.25, -0.2) is 0 Å². The van der Waals surface area contributed by atoms with Crippen molar-refractivity contribution < 1.29 is 0 Å². The molecule has 0 amide bonds. The summed E-state index contributed by atoms with van der Waals surface area (Å²) in [6, 6.07) is 0. The van der Waals surface area contributed by atoms with E-state index >= 15 is 0 Å². The number of thioether (sulfide) groups is 1. The zero-order chi connectivity index (χ0) is 8.81. The highest BCUT2D eigenvalue weighted by atomic mass is 32.2. The molecular weight excluding hydrogens is 164 g/mol. The van der Waals surface area contributed by atoms with Crippen LogP contribution in [0.25, 0.3) is 0 Å². The van der Waals surface area contributed by atoms with Gasteiger partial charge in [-0.3, -0.25) is 0 Å². The smallest absolute Gasteiger partial charge is 0.00178 e. The highest BCUT2D eigenvalue weighted by molar-refractivity contribution is 8.03. The number of allylic oxidation sites excluding steroid dienone is 2. The highest BCUT2D eigenvalue weighted by Crippen LogP contribution is 2.29. The molecule has 70 valence electrons. The Hall–Kier alpha value is 0.0900. The van der Waals surface area contributed by atoms with Gasteiger partial charge in [0.2, 0.25) is 0 Å². The van der Waals surface area contributed by atoms with Crippen LogP contribution in [0, 0.1) is 5.92 Å². The number of hydrogen-bond acceptors (Lipinski definition) is 1. The SMILES string of the molecule is CCCCCC1C=C(C)SCC1.